The van der Waals surface area contributed by atoms with Crippen LogP contribution in [0.2, 0.25) is 0 Å². The maximum absolute atomic E-state index is 14.7. The summed E-state index contributed by atoms with van der Waals surface area (Å²) in [4.78, 5) is 25.0. The van der Waals surface area contributed by atoms with Crippen molar-refractivity contribution < 1.29 is 28.0 Å². The molecule has 1 atom stereocenters. The lowest BCUT2D eigenvalue weighted by molar-refractivity contribution is -0.0118. The van der Waals surface area contributed by atoms with E-state index in [1.807, 2.05) is 27.7 Å². The van der Waals surface area contributed by atoms with E-state index in [0.717, 1.165) is 11.1 Å². The molecule has 2 aromatic rings. The number of rotatable bonds is 4. The average Bonchev–Trinajstić information content (AvgIpc) is 3.23. The number of amides is 1. The summed E-state index contributed by atoms with van der Waals surface area (Å²) in [6.07, 6.45) is 1.39. The number of anilines is 1. The minimum atomic E-state index is -0.733. The van der Waals surface area contributed by atoms with E-state index >= 15 is 0 Å². The van der Waals surface area contributed by atoms with Gasteiger partial charge in [0.15, 0.2) is 5.82 Å². The molecular weight excluding hydrogens is 428 g/mol. The van der Waals surface area contributed by atoms with Gasteiger partial charge in [0, 0.05) is 12.3 Å². The molecule has 1 saturated heterocycles. The maximum atomic E-state index is 14.7. The van der Waals surface area contributed by atoms with Crippen molar-refractivity contribution in [2.75, 3.05) is 5.32 Å². The lowest BCUT2D eigenvalue weighted by Crippen LogP contribution is -2.44. The Morgan fingerprint density at radius 1 is 1.24 bits per heavy atom. The zero-order chi connectivity index (χ0) is 24.8. The van der Waals surface area contributed by atoms with Gasteiger partial charge in [-0.15, -0.1) is 5.10 Å². The van der Waals surface area contributed by atoms with E-state index in [-0.39, 0.29) is 11.4 Å². The van der Waals surface area contributed by atoms with Crippen molar-refractivity contribution in [2.24, 2.45) is 0 Å². The number of hydrogen-bond donors (Lipinski definition) is 1. The fourth-order valence-corrected chi connectivity index (χ4v) is 3.53. The van der Waals surface area contributed by atoms with Gasteiger partial charge < -0.3 is 19.4 Å². The molecule has 8 nitrogen and oxygen atoms in total. The number of halogens is 1. The summed E-state index contributed by atoms with van der Waals surface area (Å²) >= 11 is 0. The summed E-state index contributed by atoms with van der Waals surface area (Å²) in [7, 11) is -0.733. The van der Waals surface area contributed by atoms with Gasteiger partial charge in [-0.2, -0.15) is 4.68 Å². The van der Waals surface area contributed by atoms with Crippen LogP contribution in [0.3, 0.4) is 0 Å². The molecule has 1 aliphatic heterocycles. The predicted octanol–water partition coefficient (Wildman–Crippen LogP) is 4.06. The van der Waals surface area contributed by atoms with Gasteiger partial charge in [-0.05, 0) is 78.0 Å². The minimum absolute atomic E-state index is 0.0837. The molecule has 0 aliphatic carbocycles. The summed E-state index contributed by atoms with van der Waals surface area (Å²) in [6.45, 7) is 14.8. The number of ether oxygens (including phenoxy) is 1. The van der Waals surface area contributed by atoms with Gasteiger partial charge in [-0.3, -0.25) is 4.79 Å². The lowest BCUT2D eigenvalue weighted by Gasteiger charge is -2.35. The van der Waals surface area contributed by atoms with Crippen LogP contribution in [-0.4, -0.2) is 45.7 Å². The van der Waals surface area contributed by atoms with Crippen molar-refractivity contribution in [3.05, 3.63) is 41.3 Å². The van der Waals surface area contributed by atoms with Crippen molar-refractivity contribution in [3.8, 4) is 0 Å². The van der Waals surface area contributed by atoms with E-state index < -0.39 is 41.7 Å². The minimum Gasteiger partial charge on any atom is -0.442 e. The Kier molecular flexibility index (Phi) is 6.47. The van der Waals surface area contributed by atoms with Crippen LogP contribution in [-0.2, 0) is 14.0 Å². The zero-order valence-electron chi connectivity index (χ0n) is 20.4. The highest BCUT2D eigenvalue weighted by molar-refractivity contribution is 6.62. The maximum Gasteiger partial charge on any atom is 0.495 e. The third-order valence-corrected chi connectivity index (χ3v) is 5.98. The van der Waals surface area contributed by atoms with E-state index in [9.17, 15) is 14.0 Å². The molecule has 1 unspecified atom stereocenters. The highest BCUT2D eigenvalue weighted by Crippen LogP contribution is 2.39. The SMILES string of the molecule is CCC1(C)OB(c2cc(C(=O)Nc3ccn(C(=O)OC(C)(C)C)n3)c(F)cc2C)OC1(C)C. The van der Waals surface area contributed by atoms with Gasteiger partial charge in [-0.1, -0.05) is 6.92 Å². The topological polar surface area (TPSA) is 91.7 Å². The molecule has 1 fully saturated rings. The Hall–Kier alpha value is -2.72. The smallest absolute Gasteiger partial charge is 0.442 e. The van der Waals surface area contributed by atoms with E-state index in [0.29, 0.717) is 11.0 Å². The monoisotopic (exact) mass is 459 g/mol. The number of hydrogen-bond acceptors (Lipinski definition) is 6. The Morgan fingerprint density at radius 3 is 2.48 bits per heavy atom. The van der Waals surface area contributed by atoms with Crippen molar-refractivity contribution in [2.45, 2.75) is 78.6 Å². The quantitative estimate of drug-likeness (QED) is 0.694. The molecule has 0 bridgehead atoms. The summed E-state index contributed by atoms with van der Waals surface area (Å²) in [5.41, 5.74) is -0.789. The second-order valence-electron chi connectivity index (χ2n) is 9.93. The Balaban J connectivity index is 1.82. The molecule has 0 saturated carbocycles. The van der Waals surface area contributed by atoms with Crippen molar-refractivity contribution in [1.29, 1.82) is 0 Å². The standard InChI is InChI=1S/C23H31BFN3O5/c1-9-23(8)22(6,7)32-24(33-23)16-13-15(17(25)12-14(16)2)19(29)26-18-10-11-28(27-18)20(30)31-21(3,4)5/h10-13H,9H2,1-8H3,(H,26,27,29). The third-order valence-electron chi connectivity index (χ3n) is 5.98. The first-order valence-corrected chi connectivity index (χ1v) is 10.9. The Morgan fingerprint density at radius 2 is 1.91 bits per heavy atom. The van der Waals surface area contributed by atoms with Crippen LogP contribution < -0.4 is 10.8 Å². The molecule has 3 rings (SSSR count). The van der Waals surface area contributed by atoms with Crippen LogP contribution in [0.25, 0.3) is 0 Å². The second-order valence-corrected chi connectivity index (χ2v) is 9.93. The molecule has 1 amide bonds. The highest BCUT2D eigenvalue weighted by Gasteiger charge is 2.53. The van der Waals surface area contributed by atoms with E-state index in [1.54, 1.807) is 27.7 Å². The molecule has 0 spiro atoms. The number of aryl methyl sites for hydroxylation is 1. The molecule has 10 heteroatoms. The number of benzene rings is 1. The summed E-state index contributed by atoms with van der Waals surface area (Å²) in [5, 5.41) is 6.51. The normalized spacial score (nSPS) is 20.1. The van der Waals surface area contributed by atoms with Crippen molar-refractivity contribution in [1.82, 2.24) is 9.78 Å². The van der Waals surface area contributed by atoms with E-state index in [2.05, 4.69) is 10.4 Å². The highest BCUT2D eigenvalue weighted by atomic mass is 19.1. The molecule has 33 heavy (non-hydrogen) atoms. The number of nitrogens with zero attached hydrogens (tertiary/aromatic N) is 2. The van der Waals surface area contributed by atoms with Crippen LogP contribution in [0.5, 0.6) is 0 Å². The van der Waals surface area contributed by atoms with Crippen LogP contribution in [0.1, 0.15) is 70.8 Å². The summed E-state index contributed by atoms with van der Waals surface area (Å²) in [6, 6.07) is 4.14. The fourth-order valence-electron chi connectivity index (χ4n) is 3.53. The number of aromatic nitrogens is 2. The molecule has 1 aromatic carbocycles. The van der Waals surface area contributed by atoms with Gasteiger partial charge in [0.05, 0.1) is 16.8 Å². The van der Waals surface area contributed by atoms with Crippen molar-refractivity contribution >= 4 is 30.4 Å². The molecule has 1 aromatic heterocycles. The molecule has 1 N–H and O–H groups in total. The van der Waals surface area contributed by atoms with Crippen LogP contribution in [0, 0.1) is 12.7 Å². The number of carbonyl (C=O) groups is 2. The summed E-state index contributed by atoms with van der Waals surface area (Å²) in [5.74, 6) is -1.31. The van der Waals surface area contributed by atoms with Crippen LogP contribution >= 0.6 is 0 Å². The third kappa shape index (κ3) is 5.12. The molecule has 2 heterocycles. The Bertz CT molecular complexity index is 1080. The van der Waals surface area contributed by atoms with Gasteiger partial charge in [0.25, 0.3) is 5.91 Å². The molecule has 1 aliphatic rings. The van der Waals surface area contributed by atoms with Crippen LogP contribution in [0.15, 0.2) is 24.4 Å². The number of carbonyl (C=O) groups excluding carboxylic acids is 2. The Labute approximate surface area is 193 Å². The van der Waals surface area contributed by atoms with Gasteiger partial charge in [-0.25, -0.2) is 9.18 Å². The van der Waals surface area contributed by atoms with E-state index in [1.165, 1.54) is 24.4 Å². The zero-order valence-corrected chi connectivity index (χ0v) is 20.4. The molecule has 178 valence electrons. The largest absolute Gasteiger partial charge is 0.495 e. The predicted molar refractivity (Wildman–Crippen MR) is 123 cm³/mol. The second kappa shape index (κ2) is 8.57. The first-order valence-electron chi connectivity index (χ1n) is 10.9. The first-order chi connectivity index (χ1) is 15.2. The fraction of sp³-hybridized carbons (Fsp3) is 0.522. The van der Waals surface area contributed by atoms with Crippen LogP contribution in [0.4, 0.5) is 15.0 Å². The van der Waals surface area contributed by atoms with E-state index in [4.69, 9.17) is 14.0 Å². The van der Waals surface area contributed by atoms with Gasteiger partial charge in [0.2, 0.25) is 0 Å². The summed E-state index contributed by atoms with van der Waals surface area (Å²) < 4.78 is 33.3. The van der Waals surface area contributed by atoms with Gasteiger partial charge in [0.1, 0.15) is 11.4 Å². The number of nitrogens with one attached hydrogen (secondary N) is 1. The van der Waals surface area contributed by atoms with Crippen molar-refractivity contribution in [3.63, 3.8) is 0 Å². The average molecular weight is 459 g/mol. The molecule has 0 radical (unpaired) electrons. The van der Waals surface area contributed by atoms with Gasteiger partial charge >= 0.3 is 13.2 Å². The first kappa shape index (κ1) is 24.9. The lowest BCUT2D eigenvalue weighted by atomic mass is 9.75. The molecular formula is C23H31BFN3O5.